The first kappa shape index (κ1) is 16.4. The lowest BCUT2D eigenvalue weighted by Crippen LogP contribution is -2.32. The molecule has 0 bridgehead atoms. The van der Waals surface area contributed by atoms with Gasteiger partial charge in [0, 0.05) is 6.07 Å². The molecule has 9 heteroatoms. The van der Waals surface area contributed by atoms with E-state index in [1.807, 2.05) is 13.0 Å². The summed E-state index contributed by atoms with van der Waals surface area (Å²) in [6, 6.07) is 2.07. The van der Waals surface area contributed by atoms with Crippen molar-refractivity contribution < 1.29 is 9.32 Å². The van der Waals surface area contributed by atoms with Gasteiger partial charge in [0.2, 0.25) is 11.0 Å². The molecule has 3 rings (SSSR count). The zero-order chi connectivity index (χ0) is 16.2. The van der Waals surface area contributed by atoms with Crippen LogP contribution in [0.15, 0.2) is 14.9 Å². The van der Waals surface area contributed by atoms with Gasteiger partial charge in [-0.05, 0) is 32.1 Å². The molecule has 1 N–H and O–H groups in total. The summed E-state index contributed by atoms with van der Waals surface area (Å²) in [5, 5.41) is 15.4. The molecule has 2 aromatic rings. The molecule has 23 heavy (non-hydrogen) atoms. The topological polar surface area (TPSA) is 84.2 Å². The van der Waals surface area contributed by atoms with E-state index in [2.05, 4.69) is 32.5 Å². The SMILES string of the molecule is CCSc1nnc(NC(=O)CN2CCC[C@@H]2c2cc(C)no2)s1. The predicted molar refractivity (Wildman–Crippen MR) is 89.7 cm³/mol. The van der Waals surface area contributed by atoms with Crippen LogP contribution in [0.2, 0.25) is 0 Å². The maximum atomic E-state index is 12.3. The standard InChI is InChI=1S/C14H19N5O2S2/c1-3-22-14-17-16-13(23-14)15-12(20)8-19-6-4-5-10(19)11-7-9(2)18-21-11/h7,10H,3-6,8H2,1-2H3,(H,15,16,20)/t10-/m1/s1. The number of carbonyl (C=O) groups is 1. The van der Waals surface area contributed by atoms with Gasteiger partial charge in [-0.15, -0.1) is 10.2 Å². The molecule has 7 nitrogen and oxygen atoms in total. The number of nitrogens with one attached hydrogen (secondary N) is 1. The number of amides is 1. The smallest absolute Gasteiger partial charge is 0.240 e. The van der Waals surface area contributed by atoms with Crippen LogP contribution >= 0.6 is 23.1 Å². The zero-order valence-electron chi connectivity index (χ0n) is 13.1. The van der Waals surface area contributed by atoms with Gasteiger partial charge in [-0.1, -0.05) is 35.2 Å². The second-order valence-corrected chi connectivity index (χ2v) is 7.84. The predicted octanol–water partition coefficient (Wildman–Crippen LogP) is 2.72. The Kier molecular flexibility index (Phi) is 5.29. The number of hydrogen-bond donors (Lipinski definition) is 1. The van der Waals surface area contributed by atoms with Crippen molar-refractivity contribution in [3.63, 3.8) is 0 Å². The monoisotopic (exact) mass is 353 g/mol. The van der Waals surface area contributed by atoms with Gasteiger partial charge in [0.1, 0.15) is 0 Å². The molecule has 0 radical (unpaired) electrons. The largest absolute Gasteiger partial charge is 0.359 e. The van der Waals surface area contributed by atoms with Crippen molar-refractivity contribution in [1.82, 2.24) is 20.3 Å². The summed E-state index contributed by atoms with van der Waals surface area (Å²) in [5.74, 6) is 1.71. The lowest BCUT2D eigenvalue weighted by Gasteiger charge is -2.21. The van der Waals surface area contributed by atoms with Crippen LogP contribution in [0.25, 0.3) is 0 Å². The molecule has 0 aliphatic carbocycles. The highest BCUT2D eigenvalue weighted by Crippen LogP contribution is 2.32. The van der Waals surface area contributed by atoms with E-state index in [9.17, 15) is 4.79 Å². The van der Waals surface area contributed by atoms with Crippen molar-refractivity contribution in [1.29, 1.82) is 0 Å². The number of anilines is 1. The van der Waals surface area contributed by atoms with Crippen molar-refractivity contribution in [3.05, 3.63) is 17.5 Å². The highest BCUT2D eigenvalue weighted by atomic mass is 32.2. The molecular formula is C14H19N5O2S2. The molecular weight excluding hydrogens is 334 g/mol. The molecule has 1 saturated heterocycles. The second kappa shape index (κ2) is 7.41. The summed E-state index contributed by atoms with van der Waals surface area (Å²) in [5.41, 5.74) is 0.867. The third-order valence-electron chi connectivity index (χ3n) is 3.61. The van der Waals surface area contributed by atoms with E-state index in [4.69, 9.17) is 4.52 Å². The van der Waals surface area contributed by atoms with Crippen LogP contribution in [0.4, 0.5) is 5.13 Å². The number of rotatable bonds is 6. The third-order valence-corrected chi connectivity index (χ3v) is 5.46. The first-order valence-electron chi connectivity index (χ1n) is 7.59. The number of thioether (sulfide) groups is 1. The molecule has 1 atom stereocenters. The van der Waals surface area contributed by atoms with Gasteiger partial charge >= 0.3 is 0 Å². The lowest BCUT2D eigenvalue weighted by atomic mass is 10.1. The molecule has 2 aromatic heterocycles. The summed E-state index contributed by atoms with van der Waals surface area (Å²) in [4.78, 5) is 14.4. The Bertz CT molecular complexity index is 672. The summed E-state index contributed by atoms with van der Waals surface area (Å²) in [6.07, 6.45) is 2.03. The Balaban J connectivity index is 1.58. The Morgan fingerprint density at radius 1 is 1.57 bits per heavy atom. The highest BCUT2D eigenvalue weighted by molar-refractivity contribution is 8.01. The van der Waals surface area contributed by atoms with Crippen LogP contribution < -0.4 is 5.32 Å². The Morgan fingerprint density at radius 2 is 2.43 bits per heavy atom. The van der Waals surface area contributed by atoms with E-state index >= 15 is 0 Å². The first-order valence-corrected chi connectivity index (χ1v) is 9.39. The highest BCUT2D eigenvalue weighted by Gasteiger charge is 2.30. The molecule has 1 aliphatic rings. The maximum Gasteiger partial charge on any atom is 0.240 e. The summed E-state index contributed by atoms with van der Waals surface area (Å²) in [7, 11) is 0. The van der Waals surface area contributed by atoms with Crippen molar-refractivity contribution in [2.24, 2.45) is 0 Å². The number of likely N-dealkylation sites (tertiary alicyclic amines) is 1. The van der Waals surface area contributed by atoms with Crippen LogP contribution in [0, 0.1) is 6.92 Å². The molecule has 0 unspecified atom stereocenters. The van der Waals surface area contributed by atoms with Gasteiger partial charge in [0.05, 0.1) is 18.3 Å². The Labute approximate surface area is 142 Å². The maximum absolute atomic E-state index is 12.3. The van der Waals surface area contributed by atoms with E-state index in [1.165, 1.54) is 11.3 Å². The van der Waals surface area contributed by atoms with Crippen molar-refractivity contribution >= 4 is 34.1 Å². The minimum Gasteiger partial charge on any atom is -0.359 e. The molecule has 0 aromatic carbocycles. The van der Waals surface area contributed by atoms with Gasteiger partial charge in [-0.25, -0.2) is 0 Å². The van der Waals surface area contributed by atoms with Gasteiger partial charge in [-0.3, -0.25) is 15.0 Å². The average Bonchev–Trinajstić information content (AvgIpc) is 3.21. The fourth-order valence-electron chi connectivity index (χ4n) is 2.66. The Morgan fingerprint density at radius 3 is 3.17 bits per heavy atom. The molecule has 0 saturated carbocycles. The minimum atomic E-state index is -0.0719. The molecule has 124 valence electrons. The number of hydrogen-bond acceptors (Lipinski definition) is 8. The van der Waals surface area contributed by atoms with Gasteiger partial charge < -0.3 is 4.52 Å². The van der Waals surface area contributed by atoms with E-state index in [0.29, 0.717) is 11.7 Å². The Hall–Kier alpha value is -1.45. The molecule has 0 spiro atoms. The number of aryl methyl sites for hydroxylation is 1. The number of nitrogens with zero attached hydrogens (tertiary/aromatic N) is 4. The van der Waals surface area contributed by atoms with Gasteiger partial charge in [0.15, 0.2) is 10.1 Å². The van der Waals surface area contributed by atoms with Crippen LogP contribution in [-0.4, -0.2) is 45.0 Å². The van der Waals surface area contributed by atoms with E-state index in [1.54, 1.807) is 11.8 Å². The minimum absolute atomic E-state index is 0.0719. The van der Waals surface area contributed by atoms with E-state index in [-0.39, 0.29) is 11.9 Å². The summed E-state index contributed by atoms with van der Waals surface area (Å²) < 4.78 is 6.24. The molecule has 3 heterocycles. The quantitative estimate of drug-likeness (QED) is 0.631. The van der Waals surface area contributed by atoms with Crippen molar-refractivity contribution in [2.45, 2.75) is 37.1 Å². The second-order valence-electron chi connectivity index (χ2n) is 5.35. The fourth-order valence-corrected chi connectivity index (χ4v) is 4.33. The van der Waals surface area contributed by atoms with E-state index in [0.717, 1.165) is 40.9 Å². The molecule has 1 fully saturated rings. The van der Waals surface area contributed by atoms with Crippen LogP contribution in [0.5, 0.6) is 0 Å². The third kappa shape index (κ3) is 4.10. The summed E-state index contributed by atoms with van der Waals surface area (Å²) >= 11 is 3.03. The average molecular weight is 353 g/mol. The van der Waals surface area contributed by atoms with E-state index < -0.39 is 0 Å². The van der Waals surface area contributed by atoms with Gasteiger partial charge in [-0.2, -0.15) is 0 Å². The number of carbonyl (C=O) groups excluding carboxylic acids is 1. The molecule has 1 aliphatic heterocycles. The van der Waals surface area contributed by atoms with Crippen LogP contribution in [0.1, 0.15) is 37.3 Å². The first-order chi connectivity index (χ1) is 11.2. The van der Waals surface area contributed by atoms with Crippen molar-refractivity contribution in [3.8, 4) is 0 Å². The van der Waals surface area contributed by atoms with Crippen molar-refractivity contribution in [2.75, 3.05) is 24.2 Å². The van der Waals surface area contributed by atoms with Crippen LogP contribution in [0.3, 0.4) is 0 Å². The summed E-state index contributed by atoms with van der Waals surface area (Å²) in [6.45, 7) is 5.16. The molecule has 1 amide bonds. The normalized spacial score (nSPS) is 18.4. The number of aromatic nitrogens is 3. The fraction of sp³-hybridized carbons (Fsp3) is 0.571. The lowest BCUT2D eigenvalue weighted by molar-refractivity contribution is -0.117. The van der Waals surface area contributed by atoms with Crippen LogP contribution in [-0.2, 0) is 4.79 Å². The zero-order valence-corrected chi connectivity index (χ0v) is 14.7. The van der Waals surface area contributed by atoms with Gasteiger partial charge in [0.25, 0.3) is 0 Å².